The van der Waals surface area contributed by atoms with Crippen LogP contribution in [0.4, 0.5) is 5.69 Å². The number of H-pyrrole nitrogens is 1. The van der Waals surface area contributed by atoms with E-state index in [-0.39, 0.29) is 11.5 Å². The number of nitrogens with two attached hydrogens (primary N) is 1. The summed E-state index contributed by atoms with van der Waals surface area (Å²) in [6.45, 7) is 1.94. The molecule has 0 bridgehead atoms. The molecular weight excluding hydrogens is 410 g/mol. The molecule has 3 aromatic carbocycles. The molecule has 0 radical (unpaired) electrons. The molecule has 1 amide bonds. The summed E-state index contributed by atoms with van der Waals surface area (Å²) in [6.07, 6.45) is 3.37. The Labute approximate surface area is 193 Å². The molecule has 1 saturated heterocycles. The van der Waals surface area contributed by atoms with Crippen LogP contribution in [-0.2, 0) is 6.42 Å². The number of piperidine rings is 1. The fourth-order valence-electron chi connectivity index (χ4n) is 4.87. The number of fused-ring (bicyclic) bond motifs is 1. The molecule has 0 unspecified atom stereocenters. The Bertz CT molecular complexity index is 1290. The molecule has 0 spiro atoms. The number of amides is 1. The van der Waals surface area contributed by atoms with Crippen molar-refractivity contribution in [1.29, 1.82) is 0 Å². The molecule has 3 N–H and O–H groups in total. The maximum absolute atomic E-state index is 13.3. The number of benzene rings is 3. The van der Waals surface area contributed by atoms with Crippen LogP contribution < -0.4 is 10.6 Å². The van der Waals surface area contributed by atoms with Gasteiger partial charge < -0.3 is 15.6 Å². The third-order valence-electron chi connectivity index (χ3n) is 6.64. The molecule has 0 atom stereocenters. The average Bonchev–Trinajstić information content (AvgIpc) is 3.24. The molecule has 2 heterocycles. The number of nitrogens with zero attached hydrogens (tertiary/aromatic N) is 1. The first-order valence-electron chi connectivity index (χ1n) is 11.4. The monoisotopic (exact) mass is 437 g/mol. The summed E-state index contributed by atoms with van der Waals surface area (Å²) in [5.74, 6) is -0.153. The van der Waals surface area contributed by atoms with Gasteiger partial charge in [-0.25, -0.2) is 0 Å². The van der Waals surface area contributed by atoms with Gasteiger partial charge >= 0.3 is 0 Å². The molecule has 5 heteroatoms. The molecule has 166 valence electrons. The molecule has 0 aliphatic carbocycles. The SMILES string of the molecule is NC(=O)c1[nH]c2ccc(N3CCC(Cc4ccccc4)CC3)cc2c1C(=O)c1ccccc1. The Morgan fingerprint density at radius 2 is 1.58 bits per heavy atom. The van der Waals surface area contributed by atoms with Crippen LogP contribution >= 0.6 is 0 Å². The lowest BCUT2D eigenvalue weighted by molar-refractivity contribution is 0.0978. The standard InChI is InChI=1S/C28H27N3O2/c29-28(33)26-25(27(32)21-9-5-2-6-10-21)23-18-22(11-12-24(23)30-26)31-15-13-20(14-16-31)17-19-7-3-1-4-8-19/h1-12,18,20,30H,13-17H2,(H2,29,33). The second-order valence-electron chi connectivity index (χ2n) is 8.78. The summed E-state index contributed by atoms with van der Waals surface area (Å²) in [6, 6.07) is 25.7. The number of carbonyl (C=O) groups excluding carboxylic acids is 2. The second-order valence-corrected chi connectivity index (χ2v) is 8.78. The number of ketones is 1. The van der Waals surface area contributed by atoms with E-state index in [1.54, 1.807) is 12.1 Å². The van der Waals surface area contributed by atoms with Crippen LogP contribution in [-0.4, -0.2) is 29.8 Å². The van der Waals surface area contributed by atoms with Crippen molar-refractivity contribution in [2.24, 2.45) is 11.7 Å². The van der Waals surface area contributed by atoms with Crippen molar-refractivity contribution in [3.63, 3.8) is 0 Å². The van der Waals surface area contributed by atoms with Crippen LogP contribution in [0.3, 0.4) is 0 Å². The van der Waals surface area contributed by atoms with Gasteiger partial charge in [0.15, 0.2) is 5.78 Å². The molecule has 1 aromatic heterocycles. The molecule has 1 fully saturated rings. The van der Waals surface area contributed by atoms with Crippen molar-refractivity contribution >= 4 is 28.3 Å². The number of carbonyl (C=O) groups is 2. The zero-order valence-corrected chi connectivity index (χ0v) is 18.5. The lowest BCUT2D eigenvalue weighted by atomic mass is 9.90. The first-order valence-corrected chi connectivity index (χ1v) is 11.4. The van der Waals surface area contributed by atoms with Crippen molar-refractivity contribution in [3.8, 4) is 0 Å². The van der Waals surface area contributed by atoms with E-state index in [9.17, 15) is 9.59 Å². The van der Waals surface area contributed by atoms with E-state index in [0.29, 0.717) is 17.0 Å². The van der Waals surface area contributed by atoms with Crippen molar-refractivity contribution in [3.05, 3.63) is 101 Å². The van der Waals surface area contributed by atoms with E-state index in [1.165, 1.54) is 5.56 Å². The van der Waals surface area contributed by atoms with Crippen LogP contribution in [0.2, 0.25) is 0 Å². The summed E-state index contributed by atoms with van der Waals surface area (Å²) < 4.78 is 0. The smallest absolute Gasteiger partial charge is 0.265 e. The Morgan fingerprint density at radius 1 is 0.909 bits per heavy atom. The van der Waals surface area contributed by atoms with Crippen molar-refractivity contribution in [2.45, 2.75) is 19.3 Å². The van der Waals surface area contributed by atoms with E-state index >= 15 is 0 Å². The first-order chi connectivity index (χ1) is 16.1. The minimum absolute atomic E-state index is 0.164. The van der Waals surface area contributed by atoms with Gasteiger partial charge in [-0.05, 0) is 48.9 Å². The van der Waals surface area contributed by atoms with Gasteiger partial charge in [0, 0.05) is 35.2 Å². The Morgan fingerprint density at radius 3 is 2.24 bits per heavy atom. The Hall–Kier alpha value is -3.86. The molecule has 0 saturated carbocycles. The highest BCUT2D eigenvalue weighted by Gasteiger charge is 2.25. The van der Waals surface area contributed by atoms with Crippen LogP contribution in [0, 0.1) is 5.92 Å². The third kappa shape index (κ3) is 4.27. The summed E-state index contributed by atoms with van der Waals surface area (Å²) in [5, 5.41) is 0.738. The molecule has 5 nitrogen and oxygen atoms in total. The topological polar surface area (TPSA) is 79.2 Å². The highest BCUT2D eigenvalue weighted by atomic mass is 16.1. The van der Waals surface area contributed by atoms with E-state index in [4.69, 9.17) is 5.73 Å². The van der Waals surface area contributed by atoms with Gasteiger partial charge in [-0.15, -0.1) is 0 Å². The molecule has 4 aromatic rings. The fraction of sp³-hybridized carbons (Fsp3) is 0.214. The van der Waals surface area contributed by atoms with E-state index in [0.717, 1.165) is 48.9 Å². The predicted molar refractivity (Wildman–Crippen MR) is 132 cm³/mol. The van der Waals surface area contributed by atoms with Gasteiger partial charge in [-0.2, -0.15) is 0 Å². The Kier molecular flexibility index (Phi) is 5.69. The van der Waals surface area contributed by atoms with Crippen LogP contribution in [0.15, 0.2) is 78.9 Å². The third-order valence-corrected chi connectivity index (χ3v) is 6.64. The van der Waals surface area contributed by atoms with Gasteiger partial charge in [0.2, 0.25) is 0 Å². The maximum Gasteiger partial charge on any atom is 0.265 e. The van der Waals surface area contributed by atoms with Crippen LogP contribution in [0.1, 0.15) is 44.8 Å². The highest BCUT2D eigenvalue weighted by molar-refractivity contribution is 6.22. The summed E-state index contributed by atoms with van der Waals surface area (Å²) in [7, 11) is 0. The van der Waals surface area contributed by atoms with Gasteiger partial charge in [0.25, 0.3) is 5.91 Å². The molecule has 5 rings (SSSR count). The van der Waals surface area contributed by atoms with Gasteiger partial charge in [0.05, 0.1) is 5.56 Å². The average molecular weight is 438 g/mol. The normalized spacial score (nSPS) is 14.5. The maximum atomic E-state index is 13.3. The van der Waals surface area contributed by atoms with E-state index in [2.05, 4.69) is 46.3 Å². The minimum atomic E-state index is -0.631. The number of primary amides is 1. The molecule has 33 heavy (non-hydrogen) atoms. The Balaban J connectivity index is 1.41. The number of rotatable bonds is 6. The second kappa shape index (κ2) is 8.94. The van der Waals surface area contributed by atoms with Crippen LogP contribution in [0.25, 0.3) is 10.9 Å². The number of hydrogen-bond donors (Lipinski definition) is 2. The summed E-state index contributed by atoms with van der Waals surface area (Å²) in [5.41, 5.74) is 9.88. The zero-order chi connectivity index (χ0) is 22.8. The minimum Gasteiger partial charge on any atom is -0.371 e. The quantitative estimate of drug-likeness (QED) is 0.419. The summed E-state index contributed by atoms with van der Waals surface area (Å²) in [4.78, 5) is 30.9. The zero-order valence-electron chi connectivity index (χ0n) is 18.5. The number of hydrogen-bond acceptors (Lipinski definition) is 3. The number of nitrogens with one attached hydrogen (secondary N) is 1. The van der Waals surface area contributed by atoms with Crippen molar-refractivity contribution in [2.75, 3.05) is 18.0 Å². The lowest BCUT2D eigenvalue weighted by Gasteiger charge is -2.33. The van der Waals surface area contributed by atoms with Crippen molar-refractivity contribution in [1.82, 2.24) is 4.98 Å². The lowest BCUT2D eigenvalue weighted by Crippen LogP contribution is -2.34. The first kappa shape index (κ1) is 21.0. The summed E-state index contributed by atoms with van der Waals surface area (Å²) >= 11 is 0. The largest absolute Gasteiger partial charge is 0.371 e. The number of aromatic nitrogens is 1. The number of aromatic amines is 1. The van der Waals surface area contributed by atoms with Crippen LogP contribution in [0.5, 0.6) is 0 Å². The highest BCUT2D eigenvalue weighted by Crippen LogP contribution is 2.31. The number of anilines is 1. The van der Waals surface area contributed by atoms with Gasteiger partial charge in [-0.3, -0.25) is 9.59 Å². The molecular formula is C28H27N3O2. The molecule has 1 aliphatic rings. The fourth-order valence-corrected chi connectivity index (χ4v) is 4.87. The van der Waals surface area contributed by atoms with E-state index in [1.807, 2.05) is 30.3 Å². The molecule has 1 aliphatic heterocycles. The van der Waals surface area contributed by atoms with Crippen molar-refractivity contribution < 1.29 is 9.59 Å². The van der Waals surface area contributed by atoms with Gasteiger partial charge in [0.1, 0.15) is 5.69 Å². The van der Waals surface area contributed by atoms with Gasteiger partial charge in [-0.1, -0.05) is 60.7 Å². The van der Waals surface area contributed by atoms with E-state index < -0.39 is 5.91 Å². The predicted octanol–water partition coefficient (Wildman–Crippen LogP) is 4.96.